The van der Waals surface area contributed by atoms with Crippen LogP contribution >= 0.6 is 7.82 Å². The number of allylic oxidation sites excluding steroid dienone is 7. The van der Waals surface area contributed by atoms with E-state index in [2.05, 4.69) is 55.6 Å². The van der Waals surface area contributed by atoms with Gasteiger partial charge in [-0.25, -0.2) is 0 Å². The minimum atomic E-state index is -4.60. The first-order valence-electron chi connectivity index (χ1n) is 27.0. The molecule has 0 radical (unpaired) electrons. The molecule has 1 amide bonds. The van der Waals surface area contributed by atoms with Crippen molar-refractivity contribution in [2.75, 3.05) is 40.9 Å². The van der Waals surface area contributed by atoms with Crippen molar-refractivity contribution in [1.82, 2.24) is 5.32 Å². The highest BCUT2D eigenvalue weighted by Gasteiger charge is 2.23. The van der Waals surface area contributed by atoms with Gasteiger partial charge in [0, 0.05) is 6.42 Å². The van der Waals surface area contributed by atoms with Gasteiger partial charge in [-0.3, -0.25) is 9.36 Å². The number of aliphatic hydroxyl groups excluding tert-OH is 1. The van der Waals surface area contributed by atoms with Crippen LogP contribution in [-0.4, -0.2) is 68.5 Å². The molecule has 376 valence electrons. The molecule has 0 spiro atoms. The Morgan fingerprint density at radius 2 is 0.922 bits per heavy atom. The van der Waals surface area contributed by atoms with Gasteiger partial charge in [-0.05, 0) is 64.2 Å². The molecule has 2 N–H and O–H groups in total. The molecule has 8 nitrogen and oxygen atoms in total. The lowest BCUT2D eigenvalue weighted by Gasteiger charge is -2.29. The van der Waals surface area contributed by atoms with Crippen LogP contribution in [0.2, 0.25) is 0 Å². The predicted molar refractivity (Wildman–Crippen MR) is 274 cm³/mol. The topological polar surface area (TPSA) is 108 Å². The van der Waals surface area contributed by atoms with Crippen LogP contribution < -0.4 is 10.2 Å². The summed E-state index contributed by atoms with van der Waals surface area (Å²) in [6.07, 6.45) is 60.3. The Labute approximate surface area is 397 Å². The van der Waals surface area contributed by atoms with E-state index >= 15 is 0 Å². The lowest BCUT2D eigenvalue weighted by molar-refractivity contribution is -0.870. The summed E-state index contributed by atoms with van der Waals surface area (Å²) in [5.74, 6) is -0.211. The second-order valence-electron chi connectivity index (χ2n) is 19.6. The van der Waals surface area contributed by atoms with Crippen LogP contribution in [0, 0.1) is 0 Å². The van der Waals surface area contributed by atoms with E-state index in [1.165, 1.54) is 180 Å². The fraction of sp³-hybridized carbons (Fsp3) is 0.836. The van der Waals surface area contributed by atoms with Crippen molar-refractivity contribution in [1.29, 1.82) is 0 Å². The van der Waals surface area contributed by atoms with E-state index in [-0.39, 0.29) is 12.5 Å². The number of nitrogens with zero attached hydrogens (tertiary/aromatic N) is 1. The van der Waals surface area contributed by atoms with Crippen LogP contribution in [-0.2, 0) is 18.4 Å². The van der Waals surface area contributed by atoms with E-state index in [4.69, 9.17) is 9.05 Å². The van der Waals surface area contributed by atoms with Gasteiger partial charge in [0.1, 0.15) is 13.2 Å². The monoisotopic (exact) mass is 921 g/mol. The van der Waals surface area contributed by atoms with Gasteiger partial charge in [0.05, 0.1) is 39.9 Å². The molecule has 0 aliphatic carbocycles. The van der Waals surface area contributed by atoms with Crippen LogP contribution in [0.25, 0.3) is 0 Å². The molecule has 0 aliphatic rings. The van der Waals surface area contributed by atoms with Gasteiger partial charge >= 0.3 is 0 Å². The molecule has 0 rings (SSSR count). The Morgan fingerprint density at radius 3 is 1.39 bits per heavy atom. The third-order valence-electron chi connectivity index (χ3n) is 12.0. The number of aliphatic hydroxyl groups is 1. The molecule has 0 aliphatic heterocycles. The standard InChI is InChI=1S/C55H105N2O6P/c1-6-8-10-12-14-16-18-20-22-24-26-27-28-29-31-32-34-36-38-40-42-44-46-48-54(58)53(52-63-64(60,61)62-51-50-57(3,4)5)56-55(59)49-47-45-43-41-39-37-35-33-30-25-23-21-19-17-15-13-11-9-7-2/h15,17,21,23,38,40,46,48,53-54,58H,6-14,16,18-20,22,24-37,39,41-45,47,49-52H2,1-5H3,(H-,56,59,60,61)/b17-15-,23-21-,40-38+,48-46+. The molecule has 64 heavy (non-hydrogen) atoms. The number of rotatable bonds is 49. The van der Waals surface area contributed by atoms with Crippen LogP contribution in [0.3, 0.4) is 0 Å². The molecule has 0 heterocycles. The number of likely N-dealkylation sites (N-methyl/N-ethyl adjacent to an activating group) is 1. The Hall–Kier alpha value is -1.54. The summed E-state index contributed by atoms with van der Waals surface area (Å²) in [6.45, 7) is 4.62. The number of hydrogen-bond acceptors (Lipinski definition) is 6. The van der Waals surface area contributed by atoms with E-state index in [0.29, 0.717) is 17.4 Å². The molecule has 0 saturated heterocycles. The summed E-state index contributed by atoms with van der Waals surface area (Å²) in [4.78, 5) is 25.4. The zero-order valence-corrected chi connectivity index (χ0v) is 43.6. The van der Waals surface area contributed by atoms with E-state index < -0.39 is 26.6 Å². The quantitative estimate of drug-likeness (QED) is 0.0272. The number of quaternary nitrogens is 1. The second-order valence-corrected chi connectivity index (χ2v) is 21.0. The van der Waals surface area contributed by atoms with Gasteiger partial charge in [-0.1, -0.05) is 223 Å². The number of carbonyl (C=O) groups is 1. The lowest BCUT2D eigenvalue weighted by atomic mass is 10.0. The molecule has 0 aromatic heterocycles. The smallest absolute Gasteiger partial charge is 0.268 e. The van der Waals surface area contributed by atoms with E-state index in [1.54, 1.807) is 6.08 Å². The van der Waals surface area contributed by atoms with Crippen LogP contribution in [0.5, 0.6) is 0 Å². The van der Waals surface area contributed by atoms with E-state index in [1.807, 2.05) is 27.2 Å². The summed E-state index contributed by atoms with van der Waals surface area (Å²) >= 11 is 0. The fourth-order valence-corrected chi connectivity index (χ4v) is 8.45. The van der Waals surface area contributed by atoms with E-state index in [9.17, 15) is 19.4 Å². The normalized spacial score (nSPS) is 14.4. The Morgan fingerprint density at radius 1 is 0.547 bits per heavy atom. The zero-order valence-electron chi connectivity index (χ0n) is 42.7. The minimum absolute atomic E-state index is 0.00798. The maximum atomic E-state index is 12.9. The fourth-order valence-electron chi connectivity index (χ4n) is 7.73. The Balaban J connectivity index is 4.32. The van der Waals surface area contributed by atoms with Crippen molar-refractivity contribution in [2.24, 2.45) is 0 Å². The SMILES string of the molecule is CCCCC/C=C\C/C=C\CCCCCCCCCCCC(=O)NC(COP(=O)([O-])OCC[N+](C)(C)C)C(O)/C=C/CC/C=C/CCCCCCCCCCCCCCCCCCC. The van der Waals surface area contributed by atoms with Crippen molar-refractivity contribution in [3.63, 3.8) is 0 Å². The lowest BCUT2D eigenvalue weighted by Crippen LogP contribution is -2.45. The molecular weight excluding hydrogens is 816 g/mol. The first-order chi connectivity index (χ1) is 31.0. The van der Waals surface area contributed by atoms with Gasteiger partial charge in [-0.15, -0.1) is 0 Å². The summed E-state index contributed by atoms with van der Waals surface area (Å²) < 4.78 is 23.3. The predicted octanol–water partition coefficient (Wildman–Crippen LogP) is 15.3. The van der Waals surface area contributed by atoms with Gasteiger partial charge in [-0.2, -0.15) is 0 Å². The molecule has 3 atom stereocenters. The van der Waals surface area contributed by atoms with Crippen molar-refractivity contribution in [3.05, 3.63) is 48.6 Å². The molecule has 9 heteroatoms. The number of nitrogens with one attached hydrogen (secondary N) is 1. The van der Waals surface area contributed by atoms with Crippen molar-refractivity contribution >= 4 is 13.7 Å². The van der Waals surface area contributed by atoms with Crippen molar-refractivity contribution in [2.45, 2.75) is 257 Å². The summed E-state index contributed by atoms with van der Waals surface area (Å²) in [5, 5.41) is 13.8. The number of hydrogen-bond donors (Lipinski definition) is 2. The molecule has 0 aromatic rings. The van der Waals surface area contributed by atoms with Crippen molar-refractivity contribution in [3.8, 4) is 0 Å². The number of phosphoric ester groups is 1. The van der Waals surface area contributed by atoms with Crippen LogP contribution in [0.4, 0.5) is 0 Å². The third-order valence-corrected chi connectivity index (χ3v) is 13.0. The maximum Gasteiger partial charge on any atom is 0.268 e. The summed E-state index contributed by atoms with van der Waals surface area (Å²) in [5.41, 5.74) is 0. The average Bonchev–Trinajstić information content (AvgIpc) is 3.25. The van der Waals surface area contributed by atoms with Gasteiger partial charge < -0.3 is 28.8 Å². The highest BCUT2D eigenvalue weighted by molar-refractivity contribution is 7.45. The first-order valence-corrected chi connectivity index (χ1v) is 28.5. The zero-order chi connectivity index (χ0) is 47.1. The molecule has 0 aromatic carbocycles. The van der Waals surface area contributed by atoms with Gasteiger partial charge in [0.15, 0.2) is 0 Å². The third kappa shape index (κ3) is 48.4. The minimum Gasteiger partial charge on any atom is -0.756 e. The molecule has 3 unspecified atom stereocenters. The number of phosphoric acid groups is 1. The number of carbonyl (C=O) groups excluding carboxylic acids is 1. The number of unbranched alkanes of at least 4 members (excludes halogenated alkanes) is 30. The van der Waals surface area contributed by atoms with E-state index in [0.717, 1.165) is 44.9 Å². The average molecular weight is 921 g/mol. The highest BCUT2D eigenvalue weighted by atomic mass is 31.2. The molecule has 0 saturated carbocycles. The van der Waals surface area contributed by atoms with Gasteiger partial charge in [0.2, 0.25) is 5.91 Å². The Kier molecular flexibility index (Phi) is 45.4. The van der Waals surface area contributed by atoms with Gasteiger partial charge in [0.25, 0.3) is 7.82 Å². The van der Waals surface area contributed by atoms with Crippen LogP contribution in [0.1, 0.15) is 245 Å². The maximum absolute atomic E-state index is 12.9. The van der Waals surface area contributed by atoms with Crippen LogP contribution in [0.15, 0.2) is 48.6 Å². The molecule has 0 fully saturated rings. The molecule has 0 bridgehead atoms. The summed E-state index contributed by atoms with van der Waals surface area (Å²) in [7, 11) is 1.24. The Bertz CT molecular complexity index is 1180. The largest absolute Gasteiger partial charge is 0.756 e. The number of amides is 1. The van der Waals surface area contributed by atoms with Crippen molar-refractivity contribution < 1.29 is 32.9 Å². The molecular formula is C55H105N2O6P. The summed E-state index contributed by atoms with van der Waals surface area (Å²) in [6, 6.07) is -0.907. The second kappa shape index (κ2) is 46.6. The first kappa shape index (κ1) is 62.5. The highest BCUT2D eigenvalue weighted by Crippen LogP contribution is 2.38.